The van der Waals surface area contributed by atoms with Crippen LogP contribution in [0, 0.1) is 17.8 Å². The summed E-state index contributed by atoms with van der Waals surface area (Å²) in [5.74, 6) is -2.56. The van der Waals surface area contributed by atoms with E-state index in [0.29, 0.717) is 38.5 Å². The lowest BCUT2D eigenvalue weighted by Crippen LogP contribution is -2.69. The number of fused-ring (bicyclic) bond motifs is 5. The Kier molecular flexibility index (Phi) is 58.0. The lowest BCUT2D eigenvalue weighted by atomic mass is 9.83. The minimum atomic E-state index is -2.70. The van der Waals surface area contributed by atoms with Crippen molar-refractivity contribution in [3.63, 3.8) is 0 Å². The molecule has 0 aromatic heterocycles. The quantitative estimate of drug-likeness (QED) is 0.0207. The van der Waals surface area contributed by atoms with Crippen molar-refractivity contribution >= 4 is 93.1 Å². The Bertz CT molecular complexity index is 4150. The number of ether oxygens (including phenoxy) is 6. The van der Waals surface area contributed by atoms with Crippen LogP contribution in [-0.4, -0.2) is 210 Å². The molecule has 0 radical (unpaired) electrons. The predicted molar refractivity (Wildman–Crippen MR) is 633 cm³/mol. The lowest BCUT2D eigenvalue weighted by molar-refractivity contribution is -0.310. The molecule has 2 bridgehead atoms. The topological polar surface area (TPSA) is 217 Å². The number of amides is 1. The smallest absolute Gasteiger partial charge is 0.407 e. The molecule has 4 aliphatic rings. The van der Waals surface area contributed by atoms with E-state index in [1.807, 2.05) is 54.7 Å². The highest BCUT2D eigenvalue weighted by atomic mass is 28.4. The number of esters is 1. The van der Waals surface area contributed by atoms with E-state index in [1.165, 1.54) is 0 Å². The molecule has 2 N–H and O–H groups in total. The van der Waals surface area contributed by atoms with Crippen molar-refractivity contribution in [2.75, 3.05) is 13.7 Å². The van der Waals surface area contributed by atoms with Crippen LogP contribution in [0.5, 0.6) is 0 Å². The Hall–Kier alpha value is -3.74. The van der Waals surface area contributed by atoms with Crippen LogP contribution >= 0.6 is 0 Å². The first kappa shape index (κ1) is 131. The monoisotopic (exact) mass is 2190 g/mol. The number of nitrogens with zero attached hydrogens (tertiary/aromatic N) is 1. The number of allylic oxidation sites excluding steroid dienone is 12. The van der Waals surface area contributed by atoms with Gasteiger partial charge < -0.3 is 78.8 Å². The largest absolute Gasteiger partial charge is 0.462 e. The van der Waals surface area contributed by atoms with E-state index in [2.05, 4.69) is 304 Å². The molecule has 19 atom stereocenters. The van der Waals surface area contributed by atoms with Gasteiger partial charge in [-0.2, -0.15) is 0 Å². The molecule has 0 saturated carbocycles. The molecule has 2 aromatic carbocycles. The maximum atomic E-state index is 15.6. The van der Waals surface area contributed by atoms with Gasteiger partial charge in [-0.3, -0.25) is 4.79 Å². The maximum absolute atomic E-state index is 15.6. The molecule has 3 heterocycles. The summed E-state index contributed by atoms with van der Waals surface area (Å²) in [5, 5.41) is 19.0. The van der Waals surface area contributed by atoms with E-state index in [1.54, 1.807) is 13.3 Å². The fourth-order valence-electron chi connectivity index (χ4n) is 24.0. The van der Waals surface area contributed by atoms with Crippen molar-refractivity contribution in [3.05, 3.63) is 145 Å². The third-order valence-corrected chi connectivity index (χ3v) is 78.8. The van der Waals surface area contributed by atoms with Gasteiger partial charge in [0.1, 0.15) is 18.8 Å². The minimum Gasteiger partial charge on any atom is -0.462 e. The fourth-order valence-corrected chi connectivity index (χ4v) is 50.1. The third-order valence-electron chi connectivity index (χ3n) is 36.7. The van der Waals surface area contributed by atoms with Gasteiger partial charge in [0.2, 0.25) is 0 Å². The molecule has 2 saturated heterocycles. The van der Waals surface area contributed by atoms with Gasteiger partial charge in [-0.05, 0) is 231 Å². The highest BCUT2D eigenvalue weighted by Gasteiger charge is 2.57. The van der Waals surface area contributed by atoms with Crippen LogP contribution in [0.1, 0.15) is 283 Å². The van der Waals surface area contributed by atoms with Crippen molar-refractivity contribution in [1.29, 1.82) is 0 Å². The Labute approximate surface area is 900 Å². The second-order valence-corrected chi connectivity index (χ2v) is 85.6. The highest BCUT2D eigenvalue weighted by Crippen LogP contribution is 2.49. The lowest BCUT2D eigenvalue weighted by Gasteiger charge is -2.52. The van der Waals surface area contributed by atoms with E-state index < -0.39 is 166 Å². The molecule has 3 aliphatic heterocycles. The normalized spacial score (nSPS) is 26.8. The Balaban J connectivity index is 1.75. The minimum absolute atomic E-state index is 0.00925. The maximum Gasteiger partial charge on any atom is 0.407 e. The number of carbonyl (C=O) groups excluding carboxylic acids is 2. The van der Waals surface area contributed by atoms with E-state index >= 15 is 9.59 Å². The predicted octanol–water partition coefficient (Wildman–Crippen LogP) is 32.6. The molecule has 6 rings (SSSR count). The van der Waals surface area contributed by atoms with Crippen molar-refractivity contribution in [2.45, 2.75) is 533 Å². The van der Waals surface area contributed by atoms with Gasteiger partial charge in [-0.15, -0.1) is 5.16 Å². The van der Waals surface area contributed by atoms with Crippen LogP contribution in [0.25, 0.3) is 11.1 Å². The summed E-state index contributed by atoms with van der Waals surface area (Å²) in [7, 11) is -20.7. The number of carbonyl (C=O) groups is 2. The highest BCUT2D eigenvalue weighted by molar-refractivity contribution is 6.77. The molecule has 2 fully saturated rings. The zero-order chi connectivity index (χ0) is 108. The zero-order valence-electron chi connectivity index (χ0n) is 98.0. The molecule has 29 heteroatoms. The number of benzene rings is 2. The number of rotatable bonds is 52. The van der Waals surface area contributed by atoms with Gasteiger partial charge in [0.05, 0.1) is 79.7 Å². The molecule has 1 aliphatic carbocycles. The molecule has 2 aromatic rings. The van der Waals surface area contributed by atoms with E-state index in [4.69, 9.17) is 68.3 Å². The first-order valence-corrected chi connectivity index (χ1v) is 81.6. The second-order valence-electron chi connectivity index (χ2n) is 43.1. The summed E-state index contributed by atoms with van der Waals surface area (Å²) in [5.41, 5.74) is 4.54. The standard InChI is InChI=1S/C117H212N2O18Si9/c1-33-138(34-2,35-3)129-97-82-83-106(132-141(42-10,43-11)44-12)108(133-142(45-13,46-14)47-15)86-99(131-140(39-7,40-8)41-9)88-117(123-32)89-109(134-143(48-16,49-17)50-18)104(90-118-122)107(128-117)85-96(77-71-69-67-65-63-61-60-62-64-66-68-70-76-92(28)112(135-144(51-19,52-20)53-21)93(29)94(30)125-110(120)87-98(84-97)130-139(36-4,37-5)38-6)127-115-114(137-146(57-25,58-26)59-27)111(113(95(31)126-115)136-145(54-22,55-23)56-24)119-116(121)124-91-105-102-80-74-72-78-100(102)101-79-73-75-81-103(101)105/h60-81,90,92-99,104-109,111-115,122H,33-59,82-89,91H2,1-32H3,(H,119,121)/b61-60?,64-62?,65-63?,68-66?,69-67?,76-70?,77-71?,118-90+/t92-,93-,94-,95+,96-,97+,98+,99-,104-,106+,107-,108+,109-,111-,112+,113+,114-,115-,117+/m0/s1. The first-order valence-electron chi connectivity index (χ1n) is 58.8. The molecule has 20 nitrogen and oxygen atoms in total. The van der Waals surface area contributed by atoms with E-state index in [9.17, 15) is 5.21 Å². The number of cyclic esters (lactones) is 1. The zero-order valence-corrected chi connectivity index (χ0v) is 107. The number of alkyl carbamates (subject to hydrolysis) is 1. The number of hydrogen-bond donors (Lipinski definition) is 2. The van der Waals surface area contributed by atoms with Crippen LogP contribution in [0.15, 0.2) is 139 Å². The van der Waals surface area contributed by atoms with Crippen molar-refractivity contribution in [2.24, 2.45) is 22.9 Å². The van der Waals surface area contributed by atoms with Gasteiger partial charge in [0.15, 0.2) is 86.9 Å². The molecule has 0 unspecified atom stereocenters. The van der Waals surface area contributed by atoms with Crippen molar-refractivity contribution < 1.29 is 83.1 Å². The van der Waals surface area contributed by atoms with Crippen LogP contribution in [-0.2, 0) is 73.0 Å². The summed E-state index contributed by atoms with van der Waals surface area (Å²) in [4.78, 5) is 31.1. The number of hydrogen-bond acceptors (Lipinski definition) is 19. The summed E-state index contributed by atoms with van der Waals surface area (Å²) in [6.45, 7) is 70.8. The molecular formula is C117H212N2O18Si9. The van der Waals surface area contributed by atoms with Gasteiger partial charge >= 0.3 is 12.1 Å². The fraction of sp³-hybridized carbons (Fsp3) is 0.752. The van der Waals surface area contributed by atoms with Gasteiger partial charge in [0, 0.05) is 50.2 Å². The molecular weight excluding hydrogens is 1970 g/mol. The molecule has 1 amide bonds. The second kappa shape index (κ2) is 64.7. The van der Waals surface area contributed by atoms with Gasteiger partial charge in [0.25, 0.3) is 0 Å². The first-order chi connectivity index (χ1) is 70.0. The molecule has 146 heavy (non-hydrogen) atoms. The van der Waals surface area contributed by atoms with Gasteiger partial charge in [-0.1, -0.05) is 334 Å². The third kappa shape index (κ3) is 35.6. The Morgan fingerprint density at radius 1 is 0.411 bits per heavy atom. The number of methoxy groups -OCH3 is 1. The van der Waals surface area contributed by atoms with Gasteiger partial charge in [-0.25, -0.2) is 4.79 Å². The Morgan fingerprint density at radius 3 is 1.21 bits per heavy atom. The van der Waals surface area contributed by atoms with Crippen LogP contribution in [0.4, 0.5) is 4.79 Å². The van der Waals surface area contributed by atoms with Crippen LogP contribution in [0.2, 0.25) is 163 Å². The SMILES string of the molecule is CC[Si](CC)(CC)O[C@@H]1CC[C@@H](O[Si](CC)(CC)CC)[C@H](O[Si](CC)(CC)CC)C[C@H](O[Si](CC)(CC)CC)C[C@]2(OC)C[C@H](O[Si](CC)(CC)CC)[C@@H](/C=N/O)[C@H](C[C@@H](O[C@@H]3O[C@H](C)[C@@H](O[Si](CC)(CC)CC)[C@H](NC(=O)OCC4c5ccccc5-c5ccccc54)[C@@H]3O[Si](CC)(CC)CC)C=CC=CC=CC=CC=CC=CC=C[C@H](C)[C@@H](O[Si](CC)(CC)CC)[C@@H](C)[C@H](C)OC(=O)C[C@H](O[Si](CC)(CC)CC)C1)O2. The number of oxime groups is 1. The van der Waals surface area contributed by atoms with Crippen LogP contribution in [0.3, 0.4) is 0 Å². The average Bonchev–Trinajstić information content (AvgIpc) is 1.34. The van der Waals surface area contributed by atoms with E-state index in [-0.39, 0.29) is 61.5 Å². The summed E-state index contributed by atoms with van der Waals surface area (Å²) in [6, 6.07) is 40.6. The molecule has 834 valence electrons. The number of nitrogens with one attached hydrogen (secondary N) is 1. The van der Waals surface area contributed by atoms with Crippen molar-refractivity contribution in [1.82, 2.24) is 5.32 Å². The summed E-state index contributed by atoms with van der Waals surface area (Å²) in [6.07, 6.45) is 25.0. The van der Waals surface area contributed by atoms with Crippen molar-refractivity contribution in [3.8, 4) is 11.1 Å². The summed E-state index contributed by atoms with van der Waals surface area (Å²) >= 11 is 0. The summed E-state index contributed by atoms with van der Waals surface area (Å²) < 4.78 is 117. The Morgan fingerprint density at radius 2 is 0.781 bits per heavy atom. The van der Waals surface area contributed by atoms with E-state index in [0.717, 1.165) is 185 Å². The van der Waals surface area contributed by atoms with Crippen LogP contribution < -0.4 is 5.32 Å². The molecule has 0 spiro atoms. The average molecular weight is 2190 g/mol.